The molecule has 1 heterocycles. The Labute approximate surface area is 309 Å². The summed E-state index contributed by atoms with van der Waals surface area (Å²) in [7, 11) is 0. The number of benzene rings is 9. The third-order valence-electron chi connectivity index (χ3n) is 10.8. The summed E-state index contributed by atoms with van der Waals surface area (Å²) in [5.41, 5.74) is 13.1. The Hall–Kier alpha value is -6.77. The van der Waals surface area contributed by atoms with Crippen LogP contribution < -0.4 is 0 Å². The van der Waals surface area contributed by atoms with E-state index in [4.69, 9.17) is 4.98 Å². The summed E-state index contributed by atoms with van der Waals surface area (Å²) in [4.78, 5) is 4.89. The number of rotatable bonds is 6. The van der Waals surface area contributed by atoms with E-state index in [1.807, 2.05) is 0 Å². The molecule has 0 spiro atoms. The largest absolute Gasteiger partial charge is 0.296 e. The number of para-hydroxylation sites is 2. The molecule has 0 N–H and O–H groups in total. The van der Waals surface area contributed by atoms with Crippen molar-refractivity contribution in [2.45, 2.75) is 13.3 Å². The molecule has 2 heteroatoms. The molecule has 9 aromatic carbocycles. The molecule has 0 bridgehead atoms. The SMILES string of the molecule is CCc1nc2ccccc2n1-c1ccc(-c2ccc(-c3c4ccccc4c(-c4cccc5ccccc45)c4ccc(-c5ccccc5)cc34)cc2)cc1. The number of aryl methyl sites for hydroxylation is 1. The van der Waals surface area contributed by atoms with Crippen LogP contribution in [0.1, 0.15) is 12.7 Å². The first kappa shape index (κ1) is 31.0. The molecule has 0 aliphatic carbocycles. The Morgan fingerprint density at radius 2 is 0.981 bits per heavy atom. The highest BCUT2D eigenvalue weighted by Gasteiger charge is 2.19. The van der Waals surface area contributed by atoms with Crippen molar-refractivity contribution >= 4 is 43.4 Å². The molecule has 10 rings (SSSR count). The van der Waals surface area contributed by atoms with Gasteiger partial charge in [-0.1, -0.05) is 165 Å². The smallest absolute Gasteiger partial charge is 0.114 e. The Morgan fingerprint density at radius 3 is 1.75 bits per heavy atom. The van der Waals surface area contributed by atoms with E-state index in [9.17, 15) is 0 Å². The molecule has 0 saturated carbocycles. The van der Waals surface area contributed by atoms with Gasteiger partial charge in [-0.3, -0.25) is 4.57 Å². The number of nitrogens with zero attached hydrogens (tertiary/aromatic N) is 2. The van der Waals surface area contributed by atoms with Gasteiger partial charge in [-0.2, -0.15) is 0 Å². The molecule has 0 saturated heterocycles. The predicted molar refractivity (Wildman–Crippen MR) is 225 cm³/mol. The van der Waals surface area contributed by atoms with Gasteiger partial charge in [0.15, 0.2) is 0 Å². The van der Waals surface area contributed by atoms with Crippen LogP contribution in [0.3, 0.4) is 0 Å². The summed E-state index contributed by atoms with van der Waals surface area (Å²) in [5.74, 6) is 1.07. The highest BCUT2D eigenvalue weighted by atomic mass is 15.1. The van der Waals surface area contributed by atoms with E-state index in [-0.39, 0.29) is 0 Å². The number of imidazole rings is 1. The zero-order valence-corrected chi connectivity index (χ0v) is 29.5. The van der Waals surface area contributed by atoms with E-state index in [0.29, 0.717) is 0 Å². The second-order valence-electron chi connectivity index (χ2n) is 13.8. The minimum atomic E-state index is 0.872. The lowest BCUT2D eigenvalue weighted by atomic mass is 9.83. The van der Waals surface area contributed by atoms with E-state index < -0.39 is 0 Å². The Balaban J connectivity index is 1.14. The summed E-state index contributed by atoms with van der Waals surface area (Å²) >= 11 is 0. The molecule has 0 aliphatic heterocycles. The zero-order chi connectivity index (χ0) is 35.3. The van der Waals surface area contributed by atoms with Gasteiger partial charge in [0, 0.05) is 12.1 Å². The fraction of sp³-hybridized carbons (Fsp3) is 0.0392. The summed E-state index contributed by atoms with van der Waals surface area (Å²) in [6.07, 6.45) is 0.872. The van der Waals surface area contributed by atoms with Gasteiger partial charge in [0.25, 0.3) is 0 Å². The standard InChI is InChI=1S/C51H36N2/c1-2-49-52-47-21-10-11-22-48(47)53(49)40-30-27-36(28-31-40)35-23-25-38(26-24-35)50-43-18-8-9-19-44(43)51(42-20-12-16-37-15-6-7-17-41(37)42)45-32-29-39(33-46(45)50)34-13-4-3-5-14-34/h3-33H,2H2,1H3. The van der Waals surface area contributed by atoms with Gasteiger partial charge in [0.1, 0.15) is 5.82 Å². The van der Waals surface area contributed by atoms with Crippen LogP contribution in [0.25, 0.3) is 93.5 Å². The van der Waals surface area contributed by atoms with Gasteiger partial charge < -0.3 is 0 Å². The van der Waals surface area contributed by atoms with Crippen molar-refractivity contribution in [2.24, 2.45) is 0 Å². The number of fused-ring (bicyclic) bond motifs is 4. The minimum absolute atomic E-state index is 0.872. The second-order valence-corrected chi connectivity index (χ2v) is 13.8. The van der Waals surface area contributed by atoms with Gasteiger partial charge in [0.2, 0.25) is 0 Å². The van der Waals surface area contributed by atoms with Crippen molar-refractivity contribution in [1.82, 2.24) is 9.55 Å². The molecule has 10 aromatic rings. The molecule has 0 amide bonds. The highest BCUT2D eigenvalue weighted by Crippen LogP contribution is 2.46. The van der Waals surface area contributed by atoms with Crippen molar-refractivity contribution in [2.75, 3.05) is 0 Å². The quantitative estimate of drug-likeness (QED) is 0.160. The summed E-state index contributed by atoms with van der Waals surface area (Å²) < 4.78 is 2.28. The minimum Gasteiger partial charge on any atom is -0.296 e. The van der Waals surface area contributed by atoms with E-state index >= 15 is 0 Å². The van der Waals surface area contributed by atoms with Gasteiger partial charge in [-0.25, -0.2) is 4.98 Å². The topological polar surface area (TPSA) is 17.8 Å². The van der Waals surface area contributed by atoms with Crippen LogP contribution in [0.2, 0.25) is 0 Å². The van der Waals surface area contributed by atoms with Crippen LogP contribution in [0.5, 0.6) is 0 Å². The number of hydrogen-bond acceptors (Lipinski definition) is 1. The zero-order valence-electron chi connectivity index (χ0n) is 29.5. The normalized spacial score (nSPS) is 11.6. The van der Waals surface area contributed by atoms with Crippen LogP contribution in [0.15, 0.2) is 188 Å². The van der Waals surface area contributed by atoms with Crippen molar-refractivity contribution in [3.8, 4) is 50.2 Å². The van der Waals surface area contributed by atoms with Crippen LogP contribution in [-0.4, -0.2) is 9.55 Å². The third kappa shape index (κ3) is 5.22. The van der Waals surface area contributed by atoms with Crippen LogP contribution in [-0.2, 0) is 6.42 Å². The van der Waals surface area contributed by atoms with E-state index in [1.54, 1.807) is 0 Å². The summed E-state index contributed by atoms with van der Waals surface area (Å²) in [6, 6.07) is 68.5. The van der Waals surface area contributed by atoms with Gasteiger partial charge in [-0.05, 0) is 107 Å². The van der Waals surface area contributed by atoms with Gasteiger partial charge in [-0.15, -0.1) is 0 Å². The lowest BCUT2D eigenvalue weighted by Crippen LogP contribution is -1.99. The second kappa shape index (κ2) is 12.8. The lowest BCUT2D eigenvalue weighted by molar-refractivity contribution is 0.908. The van der Waals surface area contributed by atoms with Crippen molar-refractivity contribution in [3.63, 3.8) is 0 Å². The van der Waals surface area contributed by atoms with E-state index in [0.717, 1.165) is 29.0 Å². The van der Waals surface area contributed by atoms with Crippen LogP contribution >= 0.6 is 0 Å². The fourth-order valence-corrected chi connectivity index (χ4v) is 8.27. The predicted octanol–water partition coefficient (Wildman–Crippen LogP) is 13.7. The first-order valence-electron chi connectivity index (χ1n) is 18.4. The third-order valence-corrected chi connectivity index (χ3v) is 10.8. The number of aromatic nitrogens is 2. The summed E-state index contributed by atoms with van der Waals surface area (Å²) in [5, 5.41) is 7.54. The first-order chi connectivity index (χ1) is 26.2. The Bertz CT molecular complexity index is 2950. The maximum absolute atomic E-state index is 4.89. The van der Waals surface area contributed by atoms with Gasteiger partial charge in [0.05, 0.1) is 11.0 Å². The summed E-state index contributed by atoms with van der Waals surface area (Å²) in [6.45, 7) is 2.17. The maximum Gasteiger partial charge on any atom is 0.114 e. The molecule has 1 aromatic heterocycles. The molecular weight excluding hydrogens is 641 g/mol. The van der Waals surface area contributed by atoms with Crippen LogP contribution in [0, 0.1) is 0 Å². The van der Waals surface area contributed by atoms with Crippen molar-refractivity contribution in [3.05, 3.63) is 194 Å². The Kier molecular flexibility index (Phi) is 7.47. The van der Waals surface area contributed by atoms with Crippen molar-refractivity contribution < 1.29 is 0 Å². The Morgan fingerprint density at radius 1 is 0.415 bits per heavy atom. The van der Waals surface area contributed by atoms with E-state index in [2.05, 4.69) is 200 Å². The average Bonchev–Trinajstić information content (AvgIpc) is 3.62. The first-order valence-corrected chi connectivity index (χ1v) is 18.4. The molecule has 2 nitrogen and oxygen atoms in total. The fourth-order valence-electron chi connectivity index (χ4n) is 8.27. The molecule has 0 fully saturated rings. The van der Waals surface area contributed by atoms with E-state index in [1.165, 1.54) is 76.8 Å². The van der Waals surface area contributed by atoms with Gasteiger partial charge >= 0.3 is 0 Å². The molecule has 0 aliphatic rings. The monoisotopic (exact) mass is 676 g/mol. The molecule has 0 unspecified atom stereocenters. The molecular formula is C51H36N2. The number of hydrogen-bond donors (Lipinski definition) is 0. The lowest BCUT2D eigenvalue weighted by Gasteiger charge is -2.20. The highest BCUT2D eigenvalue weighted by molar-refractivity contribution is 6.24. The molecule has 250 valence electrons. The molecule has 0 atom stereocenters. The van der Waals surface area contributed by atoms with Crippen LogP contribution in [0.4, 0.5) is 0 Å². The maximum atomic E-state index is 4.89. The molecule has 0 radical (unpaired) electrons. The van der Waals surface area contributed by atoms with Crippen molar-refractivity contribution in [1.29, 1.82) is 0 Å². The molecule has 53 heavy (non-hydrogen) atoms. The average molecular weight is 677 g/mol.